The second kappa shape index (κ2) is 6.91. The van der Waals surface area contributed by atoms with Crippen molar-refractivity contribution in [2.24, 2.45) is 5.92 Å². The van der Waals surface area contributed by atoms with E-state index in [1.54, 1.807) is 0 Å². The van der Waals surface area contributed by atoms with Crippen LogP contribution in [0.4, 0.5) is 0 Å². The highest BCUT2D eigenvalue weighted by atomic mass is 16.3. The monoisotopic (exact) mass is 253 g/mol. The summed E-state index contributed by atoms with van der Waals surface area (Å²) in [6, 6.07) is 0.670. The second-order valence-corrected chi connectivity index (χ2v) is 6.67. The van der Waals surface area contributed by atoms with E-state index in [4.69, 9.17) is 0 Å². The molecule has 0 amide bonds. The SMILES string of the molecule is CCCC1CCC(NCC2(O)CCCCC2)CC1. The Balaban J connectivity index is 1.65. The summed E-state index contributed by atoms with van der Waals surface area (Å²) in [5, 5.41) is 14.1. The summed E-state index contributed by atoms with van der Waals surface area (Å²) in [5.41, 5.74) is -0.390. The molecule has 2 nitrogen and oxygen atoms in total. The van der Waals surface area contributed by atoms with Gasteiger partial charge in [0.05, 0.1) is 5.60 Å². The first-order valence-corrected chi connectivity index (χ1v) is 8.17. The number of hydrogen-bond acceptors (Lipinski definition) is 2. The Morgan fingerprint density at radius 2 is 1.72 bits per heavy atom. The van der Waals surface area contributed by atoms with Crippen molar-refractivity contribution < 1.29 is 5.11 Å². The molecule has 106 valence electrons. The Morgan fingerprint density at radius 3 is 2.33 bits per heavy atom. The molecular weight excluding hydrogens is 222 g/mol. The molecule has 2 fully saturated rings. The van der Waals surface area contributed by atoms with Crippen molar-refractivity contribution in [2.75, 3.05) is 6.54 Å². The third kappa shape index (κ3) is 4.24. The van der Waals surface area contributed by atoms with Crippen LogP contribution in [-0.4, -0.2) is 23.3 Å². The highest BCUT2D eigenvalue weighted by Gasteiger charge is 2.30. The van der Waals surface area contributed by atoms with Crippen molar-refractivity contribution in [3.8, 4) is 0 Å². The van der Waals surface area contributed by atoms with Gasteiger partial charge in [0.1, 0.15) is 0 Å². The van der Waals surface area contributed by atoms with Gasteiger partial charge >= 0.3 is 0 Å². The van der Waals surface area contributed by atoms with E-state index in [1.165, 1.54) is 57.8 Å². The van der Waals surface area contributed by atoms with Gasteiger partial charge in [-0.15, -0.1) is 0 Å². The smallest absolute Gasteiger partial charge is 0.0771 e. The van der Waals surface area contributed by atoms with Crippen LogP contribution in [0.25, 0.3) is 0 Å². The van der Waals surface area contributed by atoms with Gasteiger partial charge < -0.3 is 10.4 Å². The molecule has 2 N–H and O–H groups in total. The molecule has 2 aliphatic carbocycles. The van der Waals surface area contributed by atoms with Crippen LogP contribution in [-0.2, 0) is 0 Å². The van der Waals surface area contributed by atoms with Crippen LogP contribution >= 0.6 is 0 Å². The summed E-state index contributed by atoms with van der Waals surface area (Å²) in [7, 11) is 0. The Labute approximate surface area is 113 Å². The maximum atomic E-state index is 10.5. The predicted molar refractivity (Wildman–Crippen MR) is 76.7 cm³/mol. The van der Waals surface area contributed by atoms with Crippen molar-refractivity contribution in [1.82, 2.24) is 5.32 Å². The Morgan fingerprint density at radius 1 is 1.06 bits per heavy atom. The van der Waals surface area contributed by atoms with Crippen LogP contribution < -0.4 is 5.32 Å². The molecule has 0 unspecified atom stereocenters. The van der Waals surface area contributed by atoms with Gasteiger partial charge in [-0.25, -0.2) is 0 Å². The molecule has 2 heteroatoms. The lowest BCUT2D eigenvalue weighted by Gasteiger charge is -2.36. The van der Waals surface area contributed by atoms with Crippen LogP contribution in [0.3, 0.4) is 0 Å². The average Bonchev–Trinajstić information content (AvgIpc) is 2.39. The third-order valence-electron chi connectivity index (χ3n) is 5.05. The highest BCUT2D eigenvalue weighted by molar-refractivity contribution is 4.87. The zero-order valence-corrected chi connectivity index (χ0v) is 12.1. The lowest BCUT2D eigenvalue weighted by molar-refractivity contribution is 0.00124. The lowest BCUT2D eigenvalue weighted by atomic mass is 9.82. The molecule has 2 saturated carbocycles. The maximum Gasteiger partial charge on any atom is 0.0771 e. The highest BCUT2D eigenvalue weighted by Crippen LogP contribution is 2.30. The van der Waals surface area contributed by atoms with Gasteiger partial charge in [-0.05, 0) is 44.4 Å². The second-order valence-electron chi connectivity index (χ2n) is 6.67. The molecule has 0 atom stereocenters. The van der Waals surface area contributed by atoms with E-state index in [9.17, 15) is 5.11 Å². The quantitative estimate of drug-likeness (QED) is 0.784. The molecule has 0 aromatic carbocycles. The largest absolute Gasteiger partial charge is 0.389 e. The fraction of sp³-hybridized carbons (Fsp3) is 1.00. The van der Waals surface area contributed by atoms with Gasteiger partial charge in [-0.3, -0.25) is 0 Å². The van der Waals surface area contributed by atoms with E-state index in [1.807, 2.05) is 0 Å². The van der Waals surface area contributed by atoms with E-state index in [-0.39, 0.29) is 0 Å². The fourth-order valence-electron chi connectivity index (χ4n) is 3.78. The van der Waals surface area contributed by atoms with E-state index < -0.39 is 5.60 Å². The molecule has 2 rings (SSSR count). The van der Waals surface area contributed by atoms with Crippen LogP contribution in [0.15, 0.2) is 0 Å². The lowest BCUT2D eigenvalue weighted by Crippen LogP contribution is -2.46. The molecule has 0 aliphatic heterocycles. The van der Waals surface area contributed by atoms with Gasteiger partial charge in [-0.1, -0.05) is 39.0 Å². The number of hydrogen-bond donors (Lipinski definition) is 2. The summed E-state index contributed by atoms with van der Waals surface area (Å²) < 4.78 is 0. The Hall–Kier alpha value is -0.0800. The molecule has 2 aliphatic rings. The van der Waals surface area contributed by atoms with Gasteiger partial charge in [0.2, 0.25) is 0 Å². The first-order chi connectivity index (χ1) is 8.72. The summed E-state index contributed by atoms with van der Waals surface area (Å²) in [6.45, 7) is 3.12. The standard InChI is InChI=1S/C16H31NO/c1-2-6-14-7-9-15(10-8-14)17-13-16(18)11-4-3-5-12-16/h14-15,17-18H,2-13H2,1H3. The van der Waals surface area contributed by atoms with E-state index >= 15 is 0 Å². The molecular formula is C16H31NO. The van der Waals surface area contributed by atoms with Gasteiger partial charge in [0.25, 0.3) is 0 Å². The van der Waals surface area contributed by atoms with Crippen molar-refractivity contribution in [2.45, 2.75) is 89.2 Å². The van der Waals surface area contributed by atoms with Gasteiger partial charge in [0.15, 0.2) is 0 Å². The summed E-state index contributed by atoms with van der Waals surface area (Å²) in [4.78, 5) is 0. The zero-order chi connectivity index (χ0) is 12.8. The third-order valence-corrected chi connectivity index (χ3v) is 5.05. The Kier molecular flexibility index (Phi) is 5.50. The maximum absolute atomic E-state index is 10.5. The minimum atomic E-state index is -0.390. The first-order valence-electron chi connectivity index (χ1n) is 8.17. The number of nitrogens with one attached hydrogen (secondary N) is 1. The van der Waals surface area contributed by atoms with Crippen molar-refractivity contribution in [3.05, 3.63) is 0 Å². The molecule has 18 heavy (non-hydrogen) atoms. The molecule has 0 heterocycles. The van der Waals surface area contributed by atoms with Crippen molar-refractivity contribution >= 4 is 0 Å². The summed E-state index contributed by atoms with van der Waals surface area (Å²) in [6.07, 6.45) is 13.9. The normalized spacial score (nSPS) is 32.3. The fourth-order valence-corrected chi connectivity index (χ4v) is 3.78. The summed E-state index contributed by atoms with van der Waals surface area (Å²) in [5.74, 6) is 0.978. The Bertz CT molecular complexity index is 227. The van der Waals surface area contributed by atoms with E-state index in [2.05, 4.69) is 12.2 Å². The van der Waals surface area contributed by atoms with Crippen LogP contribution in [0.1, 0.15) is 77.6 Å². The number of aliphatic hydroxyl groups is 1. The molecule has 0 aromatic heterocycles. The minimum absolute atomic E-state index is 0.390. The number of rotatable bonds is 5. The minimum Gasteiger partial charge on any atom is -0.389 e. The molecule has 0 radical (unpaired) electrons. The van der Waals surface area contributed by atoms with E-state index in [0.29, 0.717) is 6.04 Å². The van der Waals surface area contributed by atoms with Crippen molar-refractivity contribution in [1.29, 1.82) is 0 Å². The molecule has 0 spiro atoms. The van der Waals surface area contributed by atoms with Gasteiger partial charge in [-0.2, -0.15) is 0 Å². The van der Waals surface area contributed by atoms with Crippen LogP contribution in [0.5, 0.6) is 0 Å². The molecule has 0 aromatic rings. The summed E-state index contributed by atoms with van der Waals surface area (Å²) >= 11 is 0. The molecule has 0 bridgehead atoms. The topological polar surface area (TPSA) is 32.3 Å². The van der Waals surface area contributed by atoms with Gasteiger partial charge in [0, 0.05) is 12.6 Å². The zero-order valence-electron chi connectivity index (χ0n) is 12.1. The molecule has 0 saturated heterocycles. The van der Waals surface area contributed by atoms with Crippen LogP contribution in [0.2, 0.25) is 0 Å². The first kappa shape index (κ1) is 14.3. The van der Waals surface area contributed by atoms with Crippen molar-refractivity contribution in [3.63, 3.8) is 0 Å². The van der Waals surface area contributed by atoms with E-state index in [0.717, 1.165) is 25.3 Å². The predicted octanol–water partition coefficient (Wildman–Crippen LogP) is 3.63. The van der Waals surface area contributed by atoms with Crippen LogP contribution in [0, 0.1) is 5.92 Å². The average molecular weight is 253 g/mol.